The van der Waals surface area contributed by atoms with E-state index in [0.717, 1.165) is 13.1 Å². The minimum Gasteiger partial charge on any atom is -0.386 e. The van der Waals surface area contributed by atoms with Gasteiger partial charge < -0.3 is 10.0 Å². The fourth-order valence-corrected chi connectivity index (χ4v) is 4.49. The molecule has 2 aliphatic heterocycles. The van der Waals surface area contributed by atoms with Crippen molar-refractivity contribution in [1.82, 2.24) is 0 Å². The number of likely N-dealkylation sites (tertiary alicyclic amines) is 1. The Hall–Kier alpha value is -0.130. The smallest absolute Gasteiger partial charge is 0.159 e. The third kappa shape index (κ3) is 2.10. The highest BCUT2D eigenvalue weighted by atomic mass is 32.2. The Kier molecular flexibility index (Phi) is 2.81. The molecule has 0 aromatic rings. The molecule has 0 aromatic heterocycles. The van der Waals surface area contributed by atoms with Gasteiger partial charge in [0.05, 0.1) is 18.8 Å². The van der Waals surface area contributed by atoms with Crippen LogP contribution in [0.4, 0.5) is 0 Å². The number of piperidine rings is 1. The summed E-state index contributed by atoms with van der Waals surface area (Å²) in [7, 11) is -2.96. The van der Waals surface area contributed by atoms with E-state index in [9.17, 15) is 13.5 Å². The summed E-state index contributed by atoms with van der Waals surface area (Å²) in [6, 6.07) is -0.0553. The molecular weight excluding hydrogens is 202 g/mol. The van der Waals surface area contributed by atoms with Crippen LogP contribution in [-0.2, 0) is 9.84 Å². The van der Waals surface area contributed by atoms with Crippen LogP contribution in [0.5, 0.6) is 0 Å². The number of sulfone groups is 1. The molecule has 2 aliphatic rings. The van der Waals surface area contributed by atoms with Gasteiger partial charge in [-0.1, -0.05) is 0 Å². The van der Waals surface area contributed by atoms with Crippen LogP contribution in [0.1, 0.15) is 19.3 Å². The number of nitrogens with one attached hydrogen (secondary N) is 1. The van der Waals surface area contributed by atoms with Crippen LogP contribution in [0, 0.1) is 0 Å². The van der Waals surface area contributed by atoms with E-state index in [1.165, 1.54) is 24.2 Å². The van der Waals surface area contributed by atoms with Gasteiger partial charge in [0.15, 0.2) is 9.84 Å². The average Bonchev–Trinajstić information content (AvgIpc) is 2.41. The van der Waals surface area contributed by atoms with Gasteiger partial charge in [-0.3, -0.25) is 0 Å². The van der Waals surface area contributed by atoms with Gasteiger partial charge in [0.2, 0.25) is 0 Å². The molecule has 2 fully saturated rings. The van der Waals surface area contributed by atoms with E-state index in [2.05, 4.69) is 0 Å². The lowest BCUT2D eigenvalue weighted by Gasteiger charge is -2.29. The van der Waals surface area contributed by atoms with Gasteiger partial charge in [-0.05, 0) is 19.3 Å². The third-order valence-corrected chi connectivity index (χ3v) is 5.06. The topological polar surface area (TPSA) is 58.8 Å². The van der Waals surface area contributed by atoms with Gasteiger partial charge in [0.1, 0.15) is 17.9 Å². The molecule has 82 valence electrons. The number of rotatable bonds is 1. The molecule has 5 heteroatoms. The second kappa shape index (κ2) is 3.79. The Morgan fingerprint density at radius 2 is 1.71 bits per heavy atom. The number of hydrogen-bond donors (Lipinski definition) is 2. The lowest BCUT2D eigenvalue weighted by molar-refractivity contribution is -0.929. The molecule has 2 heterocycles. The highest BCUT2D eigenvalue weighted by Gasteiger charge is 2.43. The highest BCUT2D eigenvalue weighted by molar-refractivity contribution is 7.91. The molecule has 2 unspecified atom stereocenters. The number of hydrogen-bond acceptors (Lipinski definition) is 3. The van der Waals surface area contributed by atoms with Crippen LogP contribution in [0.25, 0.3) is 0 Å². The Labute approximate surface area is 84.8 Å². The SMILES string of the molecule is O=S1(=O)CC(O)C([NH+]2CCCCC2)C1. The van der Waals surface area contributed by atoms with E-state index in [0.29, 0.717) is 0 Å². The molecule has 2 saturated heterocycles. The minimum absolute atomic E-state index is 0.0266. The second-order valence-electron chi connectivity index (χ2n) is 4.47. The van der Waals surface area contributed by atoms with Crippen molar-refractivity contribution in [2.75, 3.05) is 24.6 Å². The van der Waals surface area contributed by atoms with Gasteiger partial charge in [-0.2, -0.15) is 0 Å². The van der Waals surface area contributed by atoms with Gasteiger partial charge in [-0.15, -0.1) is 0 Å². The molecule has 0 amide bonds. The van der Waals surface area contributed by atoms with Crippen molar-refractivity contribution < 1.29 is 18.4 Å². The lowest BCUT2D eigenvalue weighted by Crippen LogP contribution is -3.18. The average molecular weight is 220 g/mol. The summed E-state index contributed by atoms with van der Waals surface area (Å²) in [5.74, 6) is 0.157. The highest BCUT2D eigenvalue weighted by Crippen LogP contribution is 2.11. The Balaban J connectivity index is 2.04. The summed E-state index contributed by atoms with van der Waals surface area (Å²) in [5, 5.41) is 9.68. The number of aliphatic hydroxyl groups is 1. The molecule has 4 nitrogen and oxygen atoms in total. The van der Waals surface area contributed by atoms with Gasteiger partial charge >= 0.3 is 0 Å². The van der Waals surface area contributed by atoms with E-state index >= 15 is 0 Å². The summed E-state index contributed by atoms with van der Waals surface area (Å²) < 4.78 is 22.6. The van der Waals surface area contributed by atoms with Crippen molar-refractivity contribution in [3.63, 3.8) is 0 Å². The molecule has 0 saturated carbocycles. The Morgan fingerprint density at radius 3 is 2.21 bits per heavy atom. The quantitative estimate of drug-likeness (QED) is 0.549. The van der Waals surface area contributed by atoms with Gasteiger partial charge in [-0.25, -0.2) is 8.42 Å². The van der Waals surface area contributed by atoms with E-state index < -0.39 is 15.9 Å². The predicted molar refractivity (Wildman–Crippen MR) is 53.0 cm³/mol. The normalized spacial score (nSPS) is 38.6. The van der Waals surface area contributed by atoms with Crippen molar-refractivity contribution in [3.05, 3.63) is 0 Å². The maximum absolute atomic E-state index is 11.3. The van der Waals surface area contributed by atoms with Gasteiger partial charge in [0.25, 0.3) is 0 Å². The summed E-state index contributed by atoms with van der Waals surface area (Å²) in [6.45, 7) is 2.05. The van der Waals surface area contributed by atoms with Crippen molar-refractivity contribution in [3.8, 4) is 0 Å². The molecule has 2 rings (SSSR count). The predicted octanol–water partition coefficient (Wildman–Crippen LogP) is -1.79. The van der Waals surface area contributed by atoms with E-state index in [-0.39, 0.29) is 17.5 Å². The zero-order valence-electron chi connectivity index (χ0n) is 8.28. The molecule has 0 aromatic carbocycles. The van der Waals surface area contributed by atoms with Crippen LogP contribution in [0.2, 0.25) is 0 Å². The first-order valence-electron chi connectivity index (χ1n) is 5.31. The van der Waals surface area contributed by atoms with Crippen molar-refractivity contribution in [2.45, 2.75) is 31.4 Å². The monoisotopic (exact) mass is 220 g/mol. The van der Waals surface area contributed by atoms with Crippen LogP contribution < -0.4 is 4.90 Å². The first-order valence-corrected chi connectivity index (χ1v) is 7.14. The van der Waals surface area contributed by atoms with Crippen LogP contribution in [0.3, 0.4) is 0 Å². The van der Waals surface area contributed by atoms with Gasteiger partial charge in [0, 0.05) is 0 Å². The molecule has 0 aliphatic carbocycles. The molecule has 2 atom stereocenters. The fraction of sp³-hybridized carbons (Fsp3) is 1.00. The summed E-state index contributed by atoms with van der Waals surface area (Å²) >= 11 is 0. The molecule has 14 heavy (non-hydrogen) atoms. The van der Waals surface area contributed by atoms with E-state index in [1.807, 2.05) is 0 Å². The van der Waals surface area contributed by atoms with Crippen LogP contribution in [0.15, 0.2) is 0 Å². The first-order chi connectivity index (χ1) is 6.58. The molecule has 0 radical (unpaired) electrons. The first kappa shape index (κ1) is 10.4. The Bertz CT molecular complexity index is 295. The molecule has 0 spiro atoms. The summed E-state index contributed by atoms with van der Waals surface area (Å²) in [6.07, 6.45) is 2.95. The summed E-state index contributed by atoms with van der Waals surface area (Å²) in [5.41, 5.74) is 0. The van der Waals surface area contributed by atoms with E-state index in [1.54, 1.807) is 0 Å². The maximum atomic E-state index is 11.3. The lowest BCUT2D eigenvalue weighted by atomic mass is 10.1. The van der Waals surface area contributed by atoms with Crippen molar-refractivity contribution >= 4 is 9.84 Å². The second-order valence-corrected chi connectivity index (χ2v) is 6.62. The third-order valence-electron chi connectivity index (χ3n) is 3.34. The fourth-order valence-electron chi connectivity index (χ4n) is 2.60. The van der Waals surface area contributed by atoms with E-state index in [4.69, 9.17) is 0 Å². The number of quaternary nitrogens is 1. The molecule has 2 N–H and O–H groups in total. The Morgan fingerprint density at radius 1 is 1.07 bits per heavy atom. The largest absolute Gasteiger partial charge is 0.386 e. The van der Waals surface area contributed by atoms with Crippen LogP contribution in [-0.4, -0.2) is 50.3 Å². The number of aliphatic hydroxyl groups excluding tert-OH is 1. The zero-order valence-corrected chi connectivity index (χ0v) is 9.09. The molecular formula is C9H18NO3S+. The summed E-state index contributed by atoms with van der Waals surface area (Å²) in [4.78, 5) is 1.30. The zero-order chi connectivity index (χ0) is 10.2. The molecule has 0 bridgehead atoms. The van der Waals surface area contributed by atoms with Crippen molar-refractivity contribution in [2.24, 2.45) is 0 Å². The standard InChI is InChI=1S/C9H17NO3S/c11-9-7-14(12,13)6-8(9)10-4-2-1-3-5-10/h8-9,11H,1-7H2/p+1. The van der Waals surface area contributed by atoms with Crippen molar-refractivity contribution in [1.29, 1.82) is 0 Å². The minimum atomic E-state index is -2.96. The maximum Gasteiger partial charge on any atom is 0.159 e. The van der Waals surface area contributed by atoms with Crippen LogP contribution >= 0.6 is 0 Å².